The van der Waals surface area contributed by atoms with Crippen molar-refractivity contribution in [3.8, 4) is 5.88 Å². The summed E-state index contributed by atoms with van der Waals surface area (Å²) in [4.78, 5) is 30.7. The van der Waals surface area contributed by atoms with E-state index in [1.54, 1.807) is 35.4 Å². The molecule has 2 amide bonds. The molecule has 0 bridgehead atoms. The van der Waals surface area contributed by atoms with Crippen LogP contribution in [0.2, 0.25) is 5.02 Å². The zero-order chi connectivity index (χ0) is 19.2. The van der Waals surface area contributed by atoms with Crippen LogP contribution in [0, 0.1) is 5.92 Å². The van der Waals surface area contributed by atoms with Gasteiger partial charge >= 0.3 is 0 Å². The van der Waals surface area contributed by atoms with Crippen LogP contribution in [0.3, 0.4) is 0 Å². The van der Waals surface area contributed by atoms with Gasteiger partial charge in [0.15, 0.2) is 0 Å². The van der Waals surface area contributed by atoms with E-state index in [-0.39, 0.29) is 18.2 Å². The van der Waals surface area contributed by atoms with Gasteiger partial charge in [-0.15, -0.1) is 0 Å². The van der Waals surface area contributed by atoms with Crippen LogP contribution < -0.4 is 15.0 Å². The van der Waals surface area contributed by atoms with Crippen molar-refractivity contribution >= 4 is 29.1 Å². The lowest BCUT2D eigenvalue weighted by Crippen LogP contribution is -2.32. The summed E-state index contributed by atoms with van der Waals surface area (Å²) in [5.41, 5.74) is 1.53. The molecular weight excluding hydrogens is 366 g/mol. The fourth-order valence-corrected chi connectivity index (χ4v) is 3.18. The SMILES string of the molecule is CCCOc1ncccc1CNC(=O)C1CC(=O)N(c2cccc(Cl)c2)C1. The number of pyridine rings is 1. The van der Waals surface area contributed by atoms with Crippen LogP contribution in [0.25, 0.3) is 0 Å². The zero-order valence-corrected chi connectivity index (χ0v) is 15.9. The number of rotatable bonds is 7. The fraction of sp³-hybridized carbons (Fsp3) is 0.350. The van der Waals surface area contributed by atoms with Crippen molar-refractivity contribution in [3.05, 3.63) is 53.2 Å². The summed E-state index contributed by atoms with van der Waals surface area (Å²) in [6.07, 6.45) is 2.73. The van der Waals surface area contributed by atoms with Crippen molar-refractivity contribution < 1.29 is 14.3 Å². The van der Waals surface area contributed by atoms with Gasteiger partial charge in [-0.25, -0.2) is 4.98 Å². The number of carbonyl (C=O) groups is 2. The molecule has 1 fully saturated rings. The molecule has 6 nitrogen and oxygen atoms in total. The highest BCUT2D eigenvalue weighted by Gasteiger charge is 2.35. The Kier molecular flexibility index (Phi) is 6.29. The molecule has 2 aromatic rings. The minimum atomic E-state index is -0.395. The maximum absolute atomic E-state index is 12.6. The smallest absolute Gasteiger partial charge is 0.227 e. The first-order chi connectivity index (χ1) is 13.1. The van der Waals surface area contributed by atoms with Gasteiger partial charge in [0.1, 0.15) is 0 Å². The Morgan fingerprint density at radius 2 is 2.22 bits per heavy atom. The van der Waals surface area contributed by atoms with Crippen molar-refractivity contribution in [2.45, 2.75) is 26.3 Å². The third-order valence-corrected chi connectivity index (χ3v) is 4.60. The molecule has 1 unspecified atom stereocenters. The second-order valence-electron chi connectivity index (χ2n) is 6.42. The lowest BCUT2D eigenvalue weighted by atomic mass is 10.1. The third-order valence-electron chi connectivity index (χ3n) is 4.36. The molecule has 0 radical (unpaired) electrons. The summed E-state index contributed by atoms with van der Waals surface area (Å²) in [7, 11) is 0. The van der Waals surface area contributed by atoms with Gasteiger partial charge in [0.2, 0.25) is 17.7 Å². The average Bonchev–Trinajstić information content (AvgIpc) is 3.07. The van der Waals surface area contributed by atoms with Crippen LogP contribution in [-0.4, -0.2) is 29.9 Å². The van der Waals surface area contributed by atoms with Crippen LogP contribution in [0.5, 0.6) is 5.88 Å². The molecule has 2 heterocycles. The van der Waals surface area contributed by atoms with E-state index in [1.165, 1.54) is 0 Å². The summed E-state index contributed by atoms with van der Waals surface area (Å²) in [5.74, 6) is -0.0974. The Balaban J connectivity index is 1.60. The Bertz CT molecular complexity index is 828. The standard InChI is InChI=1S/C20H22ClN3O3/c1-2-9-27-20-14(5-4-8-22-20)12-23-19(26)15-10-18(25)24(13-15)17-7-3-6-16(21)11-17/h3-8,11,15H,2,9-10,12-13H2,1H3,(H,23,26). The van der Waals surface area contributed by atoms with Crippen molar-refractivity contribution in [1.82, 2.24) is 10.3 Å². The number of halogens is 1. The number of benzene rings is 1. The number of ether oxygens (including phenoxy) is 1. The lowest BCUT2D eigenvalue weighted by Gasteiger charge is -2.17. The average molecular weight is 388 g/mol. The third kappa shape index (κ3) is 4.77. The predicted octanol–water partition coefficient (Wildman–Crippen LogP) is 3.19. The number of anilines is 1. The van der Waals surface area contributed by atoms with E-state index in [1.807, 2.05) is 19.1 Å². The van der Waals surface area contributed by atoms with Crippen molar-refractivity contribution in [1.29, 1.82) is 0 Å². The van der Waals surface area contributed by atoms with E-state index < -0.39 is 5.92 Å². The highest BCUT2D eigenvalue weighted by Crippen LogP contribution is 2.27. The Labute approximate surface area is 163 Å². The van der Waals surface area contributed by atoms with Gasteiger partial charge < -0.3 is 15.0 Å². The molecule has 1 aromatic heterocycles. The molecule has 1 atom stereocenters. The van der Waals surface area contributed by atoms with Gasteiger partial charge in [0.25, 0.3) is 0 Å². The van der Waals surface area contributed by atoms with Crippen molar-refractivity contribution in [3.63, 3.8) is 0 Å². The van der Waals surface area contributed by atoms with Gasteiger partial charge in [-0.1, -0.05) is 30.7 Å². The van der Waals surface area contributed by atoms with E-state index in [4.69, 9.17) is 16.3 Å². The van der Waals surface area contributed by atoms with Gasteiger partial charge in [0.05, 0.1) is 12.5 Å². The Morgan fingerprint density at radius 3 is 3.00 bits per heavy atom. The summed E-state index contributed by atoms with van der Waals surface area (Å²) in [6, 6.07) is 10.8. The Hall–Kier alpha value is -2.60. The van der Waals surface area contributed by atoms with Gasteiger partial charge in [-0.3, -0.25) is 9.59 Å². The van der Waals surface area contributed by atoms with Gasteiger partial charge in [-0.05, 0) is 30.7 Å². The van der Waals surface area contributed by atoms with Crippen molar-refractivity contribution in [2.75, 3.05) is 18.1 Å². The maximum Gasteiger partial charge on any atom is 0.227 e. The zero-order valence-electron chi connectivity index (χ0n) is 15.2. The molecule has 142 valence electrons. The minimum absolute atomic E-state index is 0.0780. The second-order valence-corrected chi connectivity index (χ2v) is 6.86. The van der Waals surface area contributed by atoms with E-state index in [0.717, 1.165) is 12.0 Å². The molecule has 1 aliphatic heterocycles. The van der Waals surface area contributed by atoms with Crippen LogP contribution in [0.1, 0.15) is 25.3 Å². The summed E-state index contributed by atoms with van der Waals surface area (Å²) in [5, 5.41) is 3.46. The quantitative estimate of drug-likeness (QED) is 0.792. The number of carbonyl (C=O) groups excluding carboxylic acids is 2. The number of amides is 2. The fourth-order valence-electron chi connectivity index (χ4n) is 2.99. The monoisotopic (exact) mass is 387 g/mol. The maximum atomic E-state index is 12.6. The van der Waals surface area contributed by atoms with Crippen LogP contribution in [0.15, 0.2) is 42.6 Å². The van der Waals surface area contributed by atoms with E-state index >= 15 is 0 Å². The molecule has 1 aromatic carbocycles. The summed E-state index contributed by atoms with van der Waals surface area (Å²) < 4.78 is 5.61. The topological polar surface area (TPSA) is 71.5 Å². The lowest BCUT2D eigenvalue weighted by molar-refractivity contribution is -0.126. The summed E-state index contributed by atoms with van der Waals surface area (Å²) >= 11 is 6.00. The number of hydrogen-bond donors (Lipinski definition) is 1. The minimum Gasteiger partial charge on any atom is -0.477 e. The van der Waals surface area contributed by atoms with Gasteiger partial charge in [0, 0.05) is 42.0 Å². The van der Waals surface area contributed by atoms with E-state index in [2.05, 4.69) is 10.3 Å². The van der Waals surface area contributed by atoms with E-state index in [0.29, 0.717) is 36.3 Å². The number of hydrogen-bond acceptors (Lipinski definition) is 4. The first-order valence-corrected chi connectivity index (χ1v) is 9.36. The van der Waals surface area contributed by atoms with Crippen molar-refractivity contribution in [2.24, 2.45) is 5.92 Å². The van der Waals surface area contributed by atoms with Crippen LogP contribution >= 0.6 is 11.6 Å². The number of nitrogens with zero attached hydrogens (tertiary/aromatic N) is 2. The molecular formula is C20H22ClN3O3. The van der Waals surface area contributed by atoms with E-state index in [9.17, 15) is 9.59 Å². The molecule has 7 heteroatoms. The normalized spacial score (nSPS) is 16.4. The predicted molar refractivity (Wildman–Crippen MR) is 104 cm³/mol. The highest BCUT2D eigenvalue weighted by molar-refractivity contribution is 6.31. The largest absolute Gasteiger partial charge is 0.477 e. The van der Waals surface area contributed by atoms with Crippen LogP contribution in [-0.2, 0) is 16.1 Å². The molecule has 0 saturated carbocycles. The molecule has 1 N–H and O–H groups in total. The molecule has 27 heavy (non-hydrogen) atoms. The first-order valence-electron chi connectivity index (χ1n) is 8.98. The number of nitrogens with one attached hydrogen (secondary N) is 1. The molecule has 1 saturated heterocycles. The summed E-state index contributed by atoms with van der Waals surface area (Å²) in [6.45, 7) is 3.25. The molecule has 3 rings (SSSR count). The van der Waals surface area contributed by atoms with Crippen LogP contribution in [0.4, 0.5) is 5.69 Å². The number of aromatic nitrogens is 1. The second kappa shape index (κ2) is 8.86. The molecule has 0 aliphatic carbocycles. The highest BCUT2D eigenvalue weighted by atomic mass is 35.5. The molecule has 0 spiro atoms. The Morgan fingerprint density at radius 1 is 1.37 bits per heavy atom. The first kappa shape index (κ1) is 19.2. The van der Waals surface area contributed by atoms with Gasteiger partial charge in [-0.2, -0.15) is 0 Å². The molecule has 1 aliphatic rings.